The lowest BCUT2D eigenvalue weighted by atomic mass is 10.1. The van der Waals surface area contributed by atoms with Crippen LogP contribution in [0, 0.1) is 0 Å². The minimum Gasteiger partial charge on any atom is -0.490 e. The molecule has 0 spiro atoms. The van der Waals surface area contributed by atoms with Crippen molar-refractivity contribution in [1.82, 2.24) is 10.2 Å². The lowest BCUT2D eigenvalue weighted by Crippen LogP contribution is -2.38. The average molecular weight is 346 g/mol. The molecule has 3 rings (SSSR count). The van der Waals surface area contributed by atoms with E-state index in [9.17, 15) is 9.90 Å². The molecule has 1 amide bonds. The number of carbonyl (C=O) groups excluding carboxylic acids is 1. The summed E-state index contributed by atoms with van der Waals surface area (Å²) in [4.78, 5) is 14.2. The Morgan fingerprint density at radius 1 is 1.36 bits per heavy atom. The van der Waals surface area contributed by atoms with E-state index in [1.807, 2.05) is 19.2 Å². The van der Waals surface area contributed by atoms with Gasteiger partial charge in [0.25, 0.3) is 0 Å². The van der Waals surface area contributed by atoms with Gasteiger partial charge in [-0.1, -0.05) is 12.1 Å². The van der Waals surface area contributed by atoms with E-state index in [1.165, 1.54) is 12.8 Å². The van der Waals surface area contributed by atoms with Crippen LogP contribution in [0.15, 0.2) is 24.3 Å². The van der Waals surface area contributed by atoms with Crippen molar-refractivity contribution in [3.63, 3.8) is 0 Å². The second kappa shape index (κ2) is 8.68. The van der Waals surface area contributed by atoms with Gasteiger partial charge in [-0.2, -0.15) is 0 Å². The van der Waals surface area contributed by atoms with Gasteiger partial charge >= 0.3 is 0 Å². The topological polar surface area (TPSA) is 61.8 Å². The zero-order valence-electron chi connectivity index (χ0n) is 15.1. The second-order valence-corrected chi connectivity index (χ2v) is 7.46. The highest BCUT2D eigenvalue weighted by molar-refractivity contribution is 5.76. The molecule has 2 fully saturated rings. The van der Waals surface area contributed by atoms with E-state index >= 15 is 0 Å². The van der Waals surface area contributed by atoms with E-state index in [4.69, 9.17) is 4.74 Å². The van der Waals surface area contributed by atoms with Gasteiger partial charge in [0, 0.05) is 25.6 Å². The Morgan fingerprint density at radius 3 is 2.88 bits per heavy atom. The van der Waals surface area contributed by atoms with Gasteiger partial charge in [0.15, 0.2) is 0 Å². The molecule has 1 saturated heterocycles. The van der Waals surface area contributed by atoms with Crippen molar-refractivity contribution in [2.75, 3.05) is 20.1 Å². The summed E-state index contributed by atoms with van der Waals surface area (Å²) in [6.45, 7) is 1.30. The molecule has 138 valence electrons. The molecule has 0 radical (unpaired) electrons. The molecule has 1 saturated carbocycles. The summed E-state index contributed by atoms with van der Waals surface area (Å²) < 4.78 is 6.03. The first-order chi connectivity index (χ1) is 12.1. The number of aliphatic hydroxyl groups excluding tert-OH is 1. The number of rotatable bonds is 7. The van der Waals surface area contributed by atoms with Gasteiger partial charge in [-0.3, -0.25) is 9.69 Å². The van der Waals surface area contributed by atoms with Crippen LogP contribution < -0.4 is 10.1 Å². The third-order valence-corrected chi connectivity index (χ3v) is 5.35. The Labute approximate surface area is 150 Å². The number of likely N-dealkylation sites (N-methyl/N-ethyl adjacent to an activating group) is 1. The summed E-state index contributed by atoms with van der Waals surface area (Å²) in [5, 5.41) is 12.6. The number of ether oxygens (including phenoxy) is 1. The quantitative estimate of drug-likeness (QED) is 0.794. The lowest BCUT2D eigenvalue weighted by molar-refractivity contribution is -0.121. The number of hydrogen-bond donors (Lipinski definition) is 2. The highest BCUT2D eigenvalue weighted by Gasteiger charge is 2.27. The van der Waals surface area contributed by atoms with Gasteiger partial charge in [0.1, 0.15) is 5.75 Å². The van der Waals surface area contributed by atoms with Crippen LogP contribution in [0.2, 0.25) is 0 Å². The maximum absolute atomic E-state index is 12.1. The van der Waals surface area contributed by atoms with Crippen molar-refractivity contribution < 1.29 is 14.6 Å². The number of benzene rings is 1. The molecule has 1 aromatic carbocycles. The molecule has 0 unspecified atom stereocenters. The maximum Gasteiger partial charge on any atom is 0.220 e. The van der Waals surface area contributed by atoms with E-state index in [0.29, 0.717) is 25.6 Å². The van der Waals surface area contributed by atoms with Crippen LogP contribution in [0.1, 0.15) is 44.1 Å². The molecule has 1 aliphatic carbocycles. The Bertz CT molecular complexity index is 572. The number of aryl methyl sites for hydroxylation is 1. The summed E-state index contributed by atoms with van der Waals surface area (Å²) in [7, 11) is 1.99. The fourth-order valence-electron chi connectivity index (χ4n) is 3.84. The molecule has 0 bridgehead atoms. The summed E-state index contributed by atoms with van der Waals surface area (Å²) in [5.41, 5.74) is 1.14. The van der Waals surface area contributed by atoms with Gasteiger partial charge in [0.05, 0.1) is 12.2 Å². The summed E-state index contributed by atoms with van der Waals surface area (Å²) in [5.74, 6) is 0.989. The normalized spacial score (nSPS) is 24.6. The van der Waals surface area contributed by atoms with E-state index in [-0.39, 0.29) is 18.1 Å². The van der Waals surface area contributed by atoms with Crippen LogP contribution >= 0.6 is 0 Å². The molecule has 1 aliphatic heterocycles. The third kappa shape index (κ3) is 5.44. The molecular formula is C20H30N2O3. The number of amides is 1. The average Bonchev–Trinajstić information content (AvgIpc) is 3.20. The maximum atomic E-state index is 12.1. The first kappa shape index (κ1) is 18.2. The standard InChI is InChI=1S/C20H30N2O3/c1-22-14-17(23)12-16(22)13-21-20(24)10-9-15-5-4-8-19(11-15)25-18-6-2-3-7-18/h4-5,8,11,16-18,23H,2-3,6-7,9-10,12-14H2,1H3,(H,21,24)/t16-,17+/m0/s1. The Hall–Kier alpha value is -1.59. The Balaban J connectivity index is 1.41. The molecule has 2 N–H and O–H groups in total. The number of carbonyl (C=O) groups is 1. The Kier molecular flexibility index (Phi) is 6.32. The fraction of sp³-hybridized carbons (Fsp3) is 0.650. The predicted octanol–water partition coefficient (Wildman–Crippen LogP) is 2.12. The largest absolute Gasteiger partial charge is 0.490 e. The minimum atomic E-state index is -0.269. The van der Waals surface area contributed by atoms with Crippen molar-refractivity contribution >= 4 is 5.91 Å². The smallest absolute Gasteiger partial charge is 0.220 e. The predicted molar refractivity (Wildman–Crippen MR) is 97.7 cm³/mol. The van der Waals surface area contributed by atoms with E-state index in [0.717, 1.165) is 37.0 Å². The van der Waals surface area contributed by atoms with Crippen molar-refractivity contribution in [3.8, 4) is 5.75 Å². The van der Waals surface area contributed by atoms with E-state index in [1.54, 1.807) is 0 Å². The summed E-state index contributed by atoms with van der Waals surface area (Å²) in [6.07, 6.45) is 6.84. The zero-order valence-corrected chi connectivity index (χ0v) is 15.1. The Morgan fingerprint density at radius 2 is 2.16 bits per heavy atom. The molecule has 5 heteroatoms. The fourth-order valence-corrected chi connectivity index (χ4v) is 3.84. The van der Waals surface area contributed by atoms with Crippen LogP contribution in [0.3, 0.4) is 0 Å². The molecule has 1 heterocycles. The first-order valence-electron chi connectivity index (χ1n) is 9.51. The number of likely N-dealkylation sites (tertiary alicyclic amines) is 1. The van der Waals surface area contributed by atoms with E-state index < -0.39 is 0 Å². The second-order valence-electron chi connectivity index (χ2n) is 7.46. The summed E-state index contributed by atoms with van der Waals surface area (Å²) >= 11 is 0. The van der Waals surface area contributed by atoms with Gasteiger partial charge in [-0.25, -0.2) is 0 Å². The van der Waals surface area contributed by atoms with Gasteiger partial charge in [-0.15, -0.1) is 0 Å². The zero-order chi connectivity index (χ0) is 17.6. The number of hydrogen-bond acceptors (Lipinski definition) is 4. The van der Waals surface area contributed by atoms with E-state index in [2.05, 4.69) is 22.3 Å². The number of β-amino-alcohol motifs (C(OH)–C–C–N with tert-alkyl or cyclic N) is 1. The highest BCUT2D eigenvalue weighted by atomic mass is 16.5. The number of aliphatic hydroxyl groups is 1. The molecule has 5 nitrogen and oxygen atoms in total. The molecule has 1 aromatic rings. The minimum absolute atomic E-state index is 0.0666. The monoisotopic (exact) mass is 346 g/mol. The van der Waals surface area contributed by atoms with Gasteiger partial charge in [-0.05, 0) is 63.3 Å². The van der Waals surface area contributed by atoms with Crippen LogP contribution in [-0.4, -0.2) is 54.3 Å². The van der Waals surface area contributed by atoms with Crippen molar-refractivity contribution in [2.45, 2.75) is 63.2 Å². The molecule has 25 heavy (non-hydrogen) atoms. The van der Waals surface area contributed by atoms with Crippen molar-refractivity contribution in [2.24, 2.45) is 0 Å². The summed E-state index contributed by atoms with van der Waals surface area (Å²) in [6, 6.07) is 8.36. The van der Waals surface area contributed by atoms with Crippen LogP contribution in [0.4, 0.5) is 0 Å². The van der Waals surface area contributed by atoms with Gasteiger partial charge in [0.2, 0.25) is 5.91 Å². The van der Waals surface area contributed by atoms with Crippen LogP contribution in [0.25, 0.3) is 0 Å². The molecular weight excluding hydrogens is 316 g/mol. The number of nitrogens with zero attached hydrogens (tertiary/aromatic N) is 1. The molecule has 2 aliphatic rings. The number of nitrogens with one attached hydrogen (secondary N) is 1. The third-order valence-electron chi connectivity index (χ3n) is 5.35. The molecule has 2 atom stereocenters. The van der Waals surface area contributed by atoms with Crippen molar-refractivity contribution in [3.05, 3.63) is 29.8 Å². The highest BCUT2D eigenvalue weighted by Crippen LogP contribution is 2.24. The van der Waals surface area contributed by atoms with Crippen LogP contribution in [0.5, 0.6) is 5.75 Å². The first-order valence-corrected chi connectivity index (χ1v) is 9.51. The van der Waals surface area contributed by atoms with Crippen LogP contribution in [-0.2, 0) is 11.2 Å². The van der Waals surface area contributed by atoms with Crippen molar-refractivity contribution in [1.29, 1.82) is 0 Å². The SMILES string of the molecule is CN1C[C@H](O)C[C@H]1CNC(=O)CCc1cccc(OC2CCCC2)c1. The molecule has 0 aromatic heterocycles. The lowest BCUT2D eigenvalue weighted by Gasteiger charge is -2.19. The van der Waals surface area contributed by atoms with Gasteiger partial charge < -0.3 is 15.2 Å².